The van der Waals surface area contributed by atoms with E-state index in [0.29, 0.717) is 19.0 Å². The van der Waals surface area contributed by atoms with Crippen molar-refractivity contribution < 1.29 is 4.79 Å². The fourth-order valence-electron chi connectivity index (χ4n) is 2.72. The third-order valence-corrected chi connectivity index (χ3v) is 4.69. The maximum atomic E-state index is 12.0. The van der Waals surface area contributed by atoms with Gasteiger partial charge in [0.1, 0.15) is 0 Å². The molecular formula is C16H24BrN3O. The van der Waals surface area contributed by atoms with E-state index in [-0.39, 0.29) is 5.91 Å². The van der Waals surface area contributed by atoms with Crippen molar-refractivity contribution in [2.75, 3.05) is 32.7 Å². The second-order valence-electron chi connectivity index (χ2n) is 5.54. The lowest BCUT2D eigenvalue weighted by molar-refractivity contribution is -0.133. The van der Waals surface area contributed by atoms with E-state index in [4.69, 9.17) is 5.73 Å². The number of nitrogens with zero attached hydrogens (tertiary/aromatic N) is 2. The minimum atomic E-state index is 0.247. The summed E-state index contributed by atoms with van der Waals surface area (Å²) in [5, 5.41) is 0. The number of nitrogens with two attached hydrogens (primary N) is 1. The topological polar surface area (TPSA) is 49.6 Å². The van der Waals surface area contributed by atoms with Gasteiger partial charge >= 0.3 is 0 Å². The van der Waals surface area contributed by atoms with Crippen molar-refractivity contribution >= 4 is 21.8 Å². The van der Waals surface area contributed by atoms with Gasteiger partial charge in [0.2, 0.25) is 5.91 Å². The molecule has 2 N–H and O–H groups in total. The quantitative estimate of drug-likeness (QED) is 0.883. The average Bonchev–Trinajstić information content (AvgIpc) is 2.53. The van der Waals surface area contributed by atoms with Crippen molar-refractivity contribution in [1.29, 1.82) is 0 Å². The third kappa shape index (κ3) is 4.53. The average molecular weight is 354 g/mol. The summed E-state index contributed by atoms with van der Waals surface area (Å²) in [6.45, 7) is 6.34. The first-order chi connectivity index (χ1) is 10.1. The molecule has 1 unspecified atom stereocenters. The molecule has 116 valence electrons. The molecule has 1 heterocycles. The van der Waals surface area contributed by atoms with E-state index in [9.17, 15) is 4.79 Å². The Morgan fingerprint density at radius 2 is 1.86 bits per heavy atom. The number of halogens is 1. The van der Waals surface area contributed by atoms with Crippen LogP contribution in [0.5, 0.6) is 0 Å². The van der Waals surface area contributed by atoms with Crippen LogP contribution in [0.4, 0.5) is 0 Å². The Morgan fingerprint density at radius 3 is 2.43 bits per heavy atom. The van der Waals surface area contributed by atoms with E-state index in [1.54, 1.807) is 0 Å². The number of carbonyl (C=O) groups is 1. The molecule has 1 saturated heterocycles. The zero-order valence-electron chi connectivity index (χ0n) is 12.6. The van der Waals surface area contributed by atoms with Crippen molar-refractivity contribution in [3.05, 3.63) is 34.3 Å². The van der Waals surface area contributed by atoms with Crippen LogP contribution in [0.1, 0.15) is 31.4 Å². The van der Waals surface area contributed by atoms with Crippen LogP contribution in [-0.2, 0) is 4.79 Å². The fourth-order valence-corrected chi connectivity index (χ4v) is 2.99. The van der Waals surface area contributed by atoms with Crippen LogP contribution in [0.25, 0.3) is 0 Å². The summed E-state index contributed by atoms with van der Waals surface area (Å²) in [6, 6.07) is 8.87. The van der Waals surface area contributed by atoms with Gasteiger partial charge in [0.05, 0.1) is 0 Å². The van der Waals surface area contributed by atoms with Crippen molar-refractivity contribution in [2.24, 2.45) is 5.73 Å². The third-order valence-electron chi connectivity index (χ3n) is 4.16. The Balaban J connectivity index is 1.85. The molecule has 0 spiro atoms. The molecule has 1 atom stereocenters. The number of benzene rings is 1. The maximum Gasteiger partial charge on any atom is 0.222 e. The predicted octanol–water partition coefficient (Wildman–Crippen LogP) is 2.39. The van der Waals surface area contributed by atoms with E-state index in [1.165, 1.54) is 5.56 Å². The zero-order valence-corrected chi connectivity index (χ0v) is 14.2. The molecule has 1 amide bonds. The van der Waals surface area contributed by atoms with Crippen molar-refractivity contribution in [2.45, 2.75) is 25.8 Å². The van der Waals surface area contributed by atoms with Gasteiger partial charge in [0, 0.05) is 43.1 Å². The SMILES string of the molecule is CC(c1ccc(Br)cc1)N1CCN(C(=O)CCCN)CC1. The summed E-state index contributed by atoms with van der Waals surface area (Å²) in [7, 11) is 0. The van der Waals surface area contributed by atoms with Crippen LogP contribution < -0.4 is 5.73 Å². The molecule has 4 nitrogen and oxygen atoms in total. The van der Waals surface area contributed by atoms with E-state index in [0.717, 1.165) is 37.1 Å². The summed E-state index contributed by atoms with van der Waals surface area (Å²) < 4.78 is 1.11. The lowest BCUT2D eigenvalue weighted by Gasteiger charge is -2.38. The molecule has 1 aromatic carbocycles. The summed E-state index contributed by atoms with van der Waals surface area (Å²) in [5.41, 5.74) is 6.78. The minimum absolute atomic E-state index is 0.247. The zero-order chi connectivity index (χ0) is 15.2. The van der Waals surface area contributed by atoms with Gasteiger partial charge in [-0.1, -0.05) is 28.1 Å². The van der Waals surface area contributed by atoms with Crippen LogP contribution in [-0.4, -0.2) is 48.4 Å². The maximum absolute atomic E-state index is 12.0. The minimum Gasteiger partial charge on any atom is -0.340 e. The van der Waals surface area contributed by atoms with Gasteiger partial charge in [0.15, 0.2) is 0 Å². The van der Waals surface area contributed by atoms with Crippen LogP contribution in [0, 0.1) is 0 Å². The highest BCUT2D eigenvalue weighted by molar-refractivity contribution is 9.10. The standard InChI is InChI=1S/C16H24BrN3O/c1-13(14-4-6-15(17)7-5-14)19-9-11-20(12-10-19)16(21)3-2-8-18/h4-7,13H,2-3,8-12,18H2,1H3. The highest BCUT2D eigenvalue weighted by Gasteiger charge is 2.24. The monoisotopic (exact) mass is 353 g/mol. The first kappa shape index (κ1) is 16.5. The van der Waals surface area contributed by atoms with Gasteiger partial charge in [-0.3, -0.25) is 9.69 Å². The number of piperazine rings is 1. The van der Waals surface area contributed by atoms with Crippen LogP contribution in [0.2, 0.25) is 0 Å². The van der Waals surface area contributed by atoms with Gasteiger partial charge in [-0.05, 0) is 37.6 Å². The Kier molecular flexibility index (Phi) is 6.21. The molecule has 0 saturated carbocycles. The summed E-state index contributed by atoms with van der Waals surface area (Å²) in [5.74, 6) is 0.247. The molecule has 1 aromatic rings. The van der Waals surface area contributed by atoms with Gasteiger partial charge in [-0.15, -0.1) is 0 Å². The molecule has 21 heavy (non-hydrogen) atoms. The second kappa shape index (κ2) is 7.92. The van der Waals surface area contributed by atoms with Gasteiger partial charge in [0.25, 0.3) is 0 Å². The smallest absolute Gasteiger partial charge is 0.222 e. The molecule has 1 aliphatic rings. The molecule has 1 fully saturated rings. The van der Waals surface area contributed by atoms with Crippen molar-refractivity contribution in [1.82, 2.24) is 9.80 Å². The van der Waals surface area contributed by atoms with E-state index < -0.39 is 0 Å². The highest BCUT2D eigenvalue weighted by Crippen LogP contribution is 2.23. The van der Waals surface area contributed by atoms with Gasteiger partial charge in [-0.25, -0.2) is 0 Å². The molecule has 1 aliphatic heterocycles. The molecular weight excluding hydrogens is 330 g/mol. The van der Waals surface area contributed by atoms with E-state index in [2.05, 4.69) is 52.0 Å². The first-order valence-corrected chi connectivity index (χ1v) is 8.38. The summed E-state index contributed by atoms with van der Waals surface area (Å²) in [6.07, 6.45) is 1.37. The van der Waals surface area contributed by atoms with E-state index >= 15 is 0 Å². The van der Waals surface area contributed by atoms with Crippen LogP contribution >= 0.6 is 15.9 Å². The molecule has 0 bridgehead atoms. The normalized spacial score (nSPS) is 17.8. The second-order valence-corrected chi connectivity index (χ2v) is 6.45. The number of amides is 1. The predicted molar refractivity (Wildman–Crippen MR) is 89.0 cm³/mol. The first-order valence-electron chi connectivity index (χ1n) is 7.59. The van der Waals surface area contributed by atoms with Crippen molar-refractivity contribution in [3.63, 3.8) is 0 Å². The Labute approximate surface area is 135 Å². The number of rotatable bonds is 5. The molecule has 0 aliphatic carbocycles. The van der Waals surface area contributed by atoms with Gasteiger partial charge < -0.3 is 10.6 Å². The number of hydrogen-bond donors (Lipinski definition) is 1. The lowest BCUT2D eigenvalue weighted by Crippen LogP contribution is -2.49. The molecule has 0 radical (unpaired) electrons. The lowest BCUT2D eigenvalue weighted by atomic mass is 10.1. The summed E-state index contributed by atoms with van der Waals surface area (Å²) in [4.78, 5) is 16.4. The van der Waals surface area contributed by atoms with Crippen molar-refractivity contribution in [3.8, 4) is 0 Å². The largest absolute Gasteiger partial charge is 0.340 e. The summed E-state index contributed by atoms with van der Waals surface area (Å²) >= 11 is 3.47. The molecule has 2 rings (SSSR count). The van der Waals surface area contributed by atoms with Crippen LogP contribution in [0.3, 0.4) is 0 Å². The fraction of sp³-hybridized carbons (Fsp3) is 0.562. The Bertz CT molecular complexity index is 455. The molecule has 5 heteroatoms. The number of carbonyl (C=O) groups excluding carboxylic acids is 1. The Hall–Kier alpha value is -0.910. The van der Waals surface area contributed by atoms with Gasteiger partial charge in [-0.2, -0.15) is 0 Å². The molecule has 0 aromatic heterocycles. The van der Waals surface area contributed by atoms with E-state index in [1.807, 2.05) is 4.90 Å². The Morgan fingerprint density at radius 1 is 1.24 bits per heavy atom. The number of hydrogen-bond acceptors (Lipinski definition) is 3. The van der Waals surface area contributed by atoms with Crippen LogP contribution in [0.15, 0.2) is 28.7 Å². The highest BCUT2D eigenvalue weighted by atomic mass is 79.9.